The van der Waals surface area contributed by atoms with Crippen LogP contribution in [0.5, 0.6) is 11.5 Å². The van der Waals surface area contributed by atoms with E-state index < -0.39 is 17.1 Å². The number of benzene rings is 2. The summed E-state index contributed by atoms with van der Waals surface area (Å²) in [5.74, 6) is -0.991. The first-order valence-electron chi connectivity index (χ1n) is 6.30. The molecule has 1 N–H and O–H groups in total. The van der Waals surface area contributed by atoms with E-state index in [1.807, 2.05) is 0 Å². The molecule has 0 saturated heterocycles. The summed E-state index contributed by atoms with van der Waals surface area (Å²) in [4.78, 5) is 22.1. The molecule has 1 aliphatic heterocycles. The maximum Gasteiger partial charge on any atom is 0.586 e. The molecular formula is C14H8F2N2O5. The molecule has 0 aromatic heterocycles. The smallest absolute Gasteiger partial charge is 0.395 e. The SMILES string of the molecule is O=C(Nc1ccc2c(c1)OC(F)(F)O2)c1cccc([N+](=O)[O-])c1. The van der Waals surface area contributed by atoms with Gasteiger partial charge >= 0.3 is 6.29 Å². The van der Waals surface area contributed by atoms with Crippen LogP contribution in [0.4, 0.5) is 20.2 Å². The van der Waals surface area contributed by atoms with Crippen molar-refractivity contribution in [3.8, 4) is 11.5 Å². The summed E-state index contributed by atoms with van der Waals surface area (Å²) in [6, 6.07) is 8.86. The van der Waals surface area contributed by atoms with Crippen molar-refractivity contribution in [1.82, 2.24) is 0 Å². The molecule has 2 aromatic carbocycles. The van der Waals surface area contributed by atoms with E-state index in [4.69, 9.17) is 0 Å². The van der Waals surface area contributed by atoms with Crippen LogP contribution in [0, 0.1) is 10.1 Å². The Morgan fingerprint density at radius 3 is 2.61 bits per heavy atom. The van der Waals surface area contributed by atoms with E-state index in [0.29, 0.717) is 0 Å². The number of alkyl halides is 2. The molecule has 0 saturated carbocycles. The van der Waals surface area contributed by atoms with Crippen molar-refractivity contribution in [2.45, 2.75) is 6.29 Å². The standard InChI is InChI=1S/C14H8F2N2O5/c15-14(16)22-11-5-4-9(7-12(11)23-14)17-13(19)8-2-1-3-10(6-8)18(20)21/h1-7H,(H,17,19). The monoisotopic (exact) mass is 322 g/mol. The molecule has 0 unspecified atom stereocenters. The van der Waals surface area contributed by atoms with Crippen LogP contribution in [-0.2, 0) is 0 Å². The lowest BCUT2D eigenvalue weighted by Gasteiger charge is -2.06. The summed E-state index contributed by atoms with van der Waals surface area (Å²) in [7, 11) is 0. The number of nitro benzene ring substituents is 1. The van der Waals surface area contributed by atoms with Crippen LogP contribution in [0.25, 0.3) is 0 Å². The molecule has 0 spiro atoms. The number of amides is 1. The summed E-state index contributed by atoms with van der Waals surface area (Å²) in [6.07, 6.45) is -3.75. The Morgan fingerprint density at radius 1 is 1.13 bits per heavy atom. The Labute approximate surface area is 127 Å². The Balaban J connectivity index is 1.79. The van der Waals surface area contributed by atoms with Gasteiger partial charge in [-0.1, -0.05) is 6.07 Å². The van der Waals surface area contributed by atoms with Gasteiger partial charge in [-0.05, 0) is 18.2 Å². The van der Waals surface area contributed by atoms with Gasteiger partial charge in [0.15, 0.2) is 11.5 Å². The minimum absolute atomic E-state index is 0.0576. The fraction of sp³-hybridized carbons (Fsp3) is 0.0714. The molecule has 2 aromatic rings. The topological polar surface area (TPSA) is 90.7 Å². The molecule has 0 fully saturated rings. The maximum atomic E-state index is 12.9. The number of non-ortho nitro benzene ring substituents is 1. The highest BCUT2D eigenvalue weighted by Gasteiger charge is 2.43. The summed E-state index contributed by atoms with van der Waals surface area (Å²) in [6.45, 7) is 0. The van der Waals surface area contributed by atoms with E-state index in [0.717, 1.165) is 6.07 Å². The third kappa shape index (κ3) is 3.03. The zero-order valence-electron chi connectivity index (χ0n) is 11.3. The van der Waals surface area contributed by atoms with E-state index in [2.05, 4.69) is 14.8 Å². The van der Waals surface area contributed by atoms with E-state index in [-0.39, 0.29) is 28.4 Å². The molecule has 3 rings (SSSR count). The van der Waals surface area contributed by atoms with Crippen LogP contribution in [0.2, 0.25) is 0 Å². The zero-order valence-corrected chi connectivity index (χ0v) is 11.3. The number of carbonyl (C=O) groups is 1. The second-order valence-electron chi connectivity index (χ2n) is 4.59. The number of nitrogens with one attached hydrogen (secondary N) is 1. The fourth-order valence-corrected chi connectivity index (χ4v) is 1.99. The largest absolute Gasteiger partial charge is 0.586 e. The molecule has 7 nitrogen and oxygen atoms in total. The van der Waals surface area contributed by atoms with Gasteiger partial charge in [0.05, 0.1) is 4.92 Å². The Morgan fingerprint density at radius 2 is 1.87 bits per heavy atom. The quantitative estimate of drug-likeness (QED) is 0.692. The van der Waals surface area contributed by atoms with Gasteiger partial charge in [0.25, 0.3) is 11.6 Å². The number of nitro groups is 1. The average molecular weight is 322 g/mol. The van der Waals surface area contributed by atoms with Crippen molar-refractivity contribution < 1.29 is 28.0 Å². The lowest BCUT2D eigenvalue weighted by atomic mass is 10.2. The molecule has 9 heteroatoms. The number of halogens is 2. The van der Waals surface area contributed by atoms with Crippen molar-refractivity contribution in [3.63, 3.8) is 0 Å². The second kappa shape index (κ2) is 5.20. The molecule has 1 heterocycles. The van der Waals surface area contributed by atoms with Gasteiger partial charge in [-0.2, -0.15) is 0 Å². The number of rotatable bonds is 3. The minimum Gasteiger partial charge on any atom is -0.395 e. The van der Waals surface area contributed by atoms with Gasteiger partial charge in [-0.25, -0.2) is 0 Å². The van der Waals surface area contributed by atoms with Crippen molar-refractivity contribution in [2.75, 3.05) is 5.32 Å². The summed E-state index contributed by atoms with van der Waals surface area (Å²) < 4.78 is 34.4. The lowest BCUT2D eigenvalue weighted by Crippen LogP contribution is -2.25. The van der Waals surface area contributed by atoms with Crippen molar-refractivity contribution >= 4 is 17.3 Å². The molecule has 118 valence electrons. The minimum atomic E-state index is -3.75. The molecule has 0 atom stereocenters. The van der Waals surface area contributed by atoms with Crippen molar-refractivity contribution in [3.05, 3.63) is 58.1 Å². The Hall–Kier alpha value is -3.23. The number of hydrogen-bond acceptors (Lipinski definition) is 5. The van der Waals surface area contributed by atoms with Crippen LogP contribution >= 0.6 is 0 Å². The Bertz CT molecular complexity index is 810. The molecule has 1 aliphatic rings. The van der Waals surface area contributed by atoms with Gasteiger partial charge in [0.1, 0.15) is 0 Å². The van der Waals surface area contributed by atoms with E-state index in [1.165, 1.54) is 36.4 Å². The number of fused-ring (bicyclic) bond motifs is 1. The Kier molecular flexibility index (Phi) is 3.32. The fourth-order valence-electron chi connectivity index (χ4n) is 1.99. The van der Waals surface area contributed by atoms with Gasteiger partial charge < -0.3 is 14.8 Å². The number of ether oxygens (including phenoxy) is 2. The van der Waals surface area contributed by atoms with Crippen molar-refractivity contribution in [2.24, 2.45) is 0 Å². The van der Waals surface area contributed by atoms with E-state index in [1.54, 1.807) is 0 Å². The first-order chi connectivity index (χ1) is 10.8. The van der Waals surface area contributed by atoms with E-state index >= 15 is 0 Å². The maximum absolute atomic E-state index is 12.9. The first kappa shape index (κ1) is 14.7. The molecule has 23 heavy (non-hydrogen) atoms. The second-order valence-corrected chi connectivity index (χ2v) is 4.59. The predicted octanol–water partition coefficient (Wildman–Crippen LogP) is 3.17. The highest BCUT2D eigenvalue weighted by Crippen LogP contribution is 2.42. The zero-order chi connectivity index (χ0) is 16.6. The average Bonchev–Trinajstić information content (AvgIpc) is 2.80. The molecule has 0 radical (unpaired) electrons. The highest BCUT2D eigenvalue weighted by molar-refractivity contribution is 6.04. The van der Waals surface area contributed by atoms with Crippen molar-refractivity contribution in [1.29, 1.82) is 0 Å². The van der Waals surface area contributed by atoms with Crippen LogP contribution in [0.3, 0.4) is 0 Å². The molecule has 1 amide bonds. The summed E-state index contributed by atoms with van der Waals surface area (Å²) >= 11 is 0. The number of hydrogen-bond donors (Lipinski definition) is 1. The third-order valence-corrected chi connectivity index (χ3v) is 2.98. The highest BCUT2D eigenvalue weighted by atomic mass is 19.3. The first-order valence-corrected chi connectivity index (χ1v) is 6.30. The predicted molar refractivity (Wildman–Crippen MR) is 73.7 cm³/mol. The lowest BCUT2D eigenvalue weighted by molar-refractivity contribution is -0.384. The van der Waals surface area contributed by atoms with Gasteiger partial charge in [-0.3, -0.25) is 14.9 Å². The summed E-state index contributed by atoms with van der Waals surface area (Å²) in [5.41, 5.74) is 0.00623. The normalized spacial score (nSPS) is 14.3. The van der Waals surface area contributed by atoms with Crippen LogP contribution in [0.15, 0.2) is 42.5 Å². The van der Waals surface area contributed by atoms with Gasteiger partial charge in [0, 0.05) is 29.4 Å². The van der Waals surface area contributed by atoms with Crippen LogP contribution in [0.1, 0.15) is 10.4 Å². The number of nitrogens with zero attached hydrogens (tertiary/aromatic N) is 1. The molecule has 0 bridgehead atoms. The number of carbonyl (C=O) groups excluding carboxylic acids is 1. The number of anilines is 1. The molecule has 0 aliphatic carbocycles. The van der Waals surface area contributed by atoms with Crippen LogP contribution < -0.4 is 14.8 Å². The van der Waals surface area contributed by atoms with E-state index in [9.17, 15) is 23.7 Å². The van der Waals surface area contributed by atoms with Gasteiger partial charge in [-0.15, -0.1) is 8.78 Å². The molecular weight excluding hydrogens is 314 g/mol. The third-order valence-electron chi connectivity index (χ3n) is 2.98. The van der Waals surface area contributed by atoms with Gasteiger partial charge in [0.2, 0.25) is 0 Å². The summed E-state index contributed by atoms with van der Waals surface area (Å²) in [5, 5.41) is 13.1. The van der Waals surface area contributed by atoms with Crippen LogP contribution in [-0.4, -0.2) is 17.1 Å².